The van der Waals surface area contributed by atoms with Crippen LogP contribution < -0.4 is 26.6 Å². The summed E-state index contributed by atoms with van der Waals surface area (Å²) in [5.74, 6) is -1.77. The molecular weight excluding hydrogens is 677 g/mol. The van der Waals surface area contributed by atoms with E-state index >= 15 is 0 Å². The zero-order valence-electron chi connectivity index (χ0n) is 26.2. The molecular formula is C24H44N5O18P. The standard InChI is InChI=1S/C24H44N5O18P/c1-14(31)29-19-21(35)20(34)16(11-30)47-22(19)42-7-3-5-25-18(33)10-28-24(37)46-15(13-45-48(39,40)41-2)12-43-23(36)27-9-17(32)26-6-4-8-44-38/h15-16,19-22,30,34-35,38H,3-13H2,1-2H3,(H,25,33)(H,26,32)(H,27,36)(H,28,37)(H,29,31)(H,39,40)/t15-,16+,19+,20-,21+,22+/m0/s1. The molecule has 24 heteroatoms. The van der Waals surface area contributed by atoms with Crippen molar-refractivity contribution in [2.45, 2.75) is 56.5 Å². The number of phosphoric ester groups is 1. The van der Waals surface area contributed by atoms with Crippen LogP contribution in [-0.4, -0.2) is 158 Å². The number of carbonyl (C=O) groups is 5. The first kappa shape index (κ1) is 42.8. The SMILES string of the molecule is COP(=O)(O)OC[C@H](COC(=O)NCC(=O)NCCCOO)OC(=O)NCC(=O)NCCCO[C@@H]1O[C@H](CO)[C@H](O)[C@H](O)[C@H]1NC(C)=O. The predicted molar refractivity (Wildman–Crippen MR) is 156 cm³/mol. The van der Waals surface area contributed by atoms with Crippen LogP contribution in [-0.2, 0) is 51.8 Å². The maximum atomic E-state index is 12.2. The van der Waals surface area contributed by atoms with Gasteiger partial charge in [0, 0.05) is 27.1 Å². The Morgan fingerprint density at radius 2 is 1.50 bits per heavy atom. The third kappa shape index (κ3) is 17.8. The molecule has 0 aromatic heterocycles. The first-order chi connectivity index (χ1) is 22.7. The van der Waals surface area contributed by atoms with Crippen molar-refractivity contribution in [1.29, 1.82) is 0 Å². The summed E-state index contributed by atoms with van der Waals surface area (Å²) in [5, 5.41) is 49.5. The van der Waals surface area contributed by atoms with Crippen molar-refractivity contribution in [2.75, 3.05) is 66.3 Å². The second-order valence-electron chi connectivity index (χ2n) is 9.82. The Morgan fingerprint density at radius 1 is 0.896 bits per heavy atom. The minimum atomic E-state index is -4.52. The lowest BCUT2D eigenvalue weighted by Gasteiger charge is -2.42. The molecule has 0 aliphatic carbocycles. The van der Waals surface area contributed by atoms with Crippen molar-refractivity contribution in [3.63, 3.8) is 0 Å². The summed E-state index contributed by atoms with van der Waals surface area (Å²) in [5.41, 5.74) is 0. The van der Waals surface area contributed by atoms with Gasteiger partial charge in [-0.3, -0.25) is 28.7 Å². The lowest BCUT2D eigenvalue weighted by atomic mass is 9.97. The first-order valence-corrected chi connectivity index (χ1v) is 15.9. The number of hydrogen-bond acceptors (Lipinski definition) is 17. The molecule has 0 bridgehead atoms. The number of carbonyl (C=O) groups excluding carboxylic acids is 5. The molecule has 23 nitrogen and oxygen atoms in total. The zero-order chi connectivity index (χ0) is 36.1. The van der Waals surface area contributed by atoms with Crippen molar-refractivity contribution in [2.24, 2.45) is 0 Å². The van der Waals surface area contributed by atoms with E-state index in [1.807, 2.05) is 0 Å². The van der Waals surface area contributed by atoms with Crippen molar-refractivity contribution in [1.82, 2.24) is 26.6 Å². The molecule has 1 heterocycles. The maximum absolute atomic E-state index is 12.2. The summed E-state index contributed by atoms with van der Waals surface area (Å²) in [6.45, 7) is -1.82. The van der Waals surface area contributed by atoms with E-state index in [1.165, 1.54) is 6.92 Å². The molecule has 1 aliphatic heterocycles. The van der Waals surface area contributed by atoms with Crippen LogP contribution in [0.3, 0.4) is 0 Å². The lowest BCUT2D eigenvalue weighted by Crippen LogP contribution is -2.64. The van der Waals surface area contributed by atoms with E-state index in [1.54, 1.807) is 0 Å². The number of ether oxygens (including phenoxy) is 4. The molecule has 1 rings (SSSR count). The van der Waals surface area contributed by atoms with Gasteiger partial charge in [-0.15, -0.1) is 0 Å². The maximum Gasteiger partial charge on any atom is 0.472 e. The third-order valence-electron chi connectivity index (χ3n) is 6.03. The molecule has 1 fully saturated rings. The average Bonchev–Trinajstić information content (AvgIpc) is 3.05. The highest BCUT2D eigenvalue weighted by Crippen LogP contribution is 2.42. The van der Waals surface area contributed by atoms with E-state index in [4.69, 9.17) is 24.2 Å². The average molecular weight is 722 g/mol. The van der Waals surface area contributed by atoms with Crippen molar-refractivity contribution in [3.05, 3.63) is 0 Å². The van der Waals surface area contributed by atoms with Gasteiger partial charge in [-0.05, 0) is 12.8 Å². The fourth-order valence-electron chi connectivity index (χ4n) is 3.67. The van der Waals surface area contributed by atoms with Crippen molar-refractivity contribution < 1.29 is 86.9 Å². The molecule has 0 aromatic carbocycles. The van der Waals surface area contributed by atoms with Crippen molar-refractivity contribution >= 4 is 37.7 Å². The third-order valence-corrected chi connectivity index (χ3v) is 6.96. The normalized spacial score (nSPS) is 22.4. The summed E-state index contributed by atoms with van der Waals surface area (Å²) in [6.07, 6.45) is -8.59. The minimum absolute atomic E-state index is 0.00913. The summed E-state index contributed by atoms with van der Waals surface area (Å²) >= 11 is 0. The van der Waals surface area contributed by atoms with Crippen LogP contribution in [0.5, 0.6) is 0 Å². The van der Waals surface area contributed by atoms with Crippen LogP contribution in [0.25, 0.3) is 0 Å². The summed E-state index contributed by atoms with van der Waals surface area (Å²) < 4.78 is 41.3. The van der Waals surface area contributed by atoms with Crippen LogP contribution in [0.4, 0.5) is 9.59 Å². The molecule has 10 N–H and O–H groups in total. The lowest BCUT2D eigenvalue weighted by molar-refractivity contribution is -0.270. The number of phosphoric acid groups is 1. The summed E-state index contributed by atoms with van der Waals surface area (Å²) in [7, 11) is -3.64. The van der Waals surface area contributed by atoms with Crippen LogP contribution in [0.2, 0.25) is 0 Å². The minimum Gasteiger partial charge on any atom is -0.446 e. The Labute approximate surface area is 274 Å². The van der Waals surface area contributed by atoms with Gasteiger partial charge in [-0.1, -0.05) is 0 Å². The predicted octanol–water partition coefficient (Wildman–Crippen LogP) is -3.97. The number of alkyl carbamates (subject to hydrolysis) is 2. The molecule has 5 amide bonds. The smallest absolute Gasteiger partial charge is 0.446 e. The number of aliphatic hydroxyl groups is 3. The van der Waals surface area contributed by atoms with E-state index in [2.05, 4.69) is 40.5 Å². The Hall–Kier alpha value is -3.22. The fraction of sp³-hybridized carbons (Fsp3) is 0.792. The number of amides is 5. The second-order valence-corrected chi connectivity index (χ2v) is 11.4. The highest BCUT2D eigenvalue weighted by molar-refractivity contribution is 7.47. The highest BCUT2D eigenvalue weighted by atomic mass is 31.2. The van der Waals surface area contributed by atoms with Crippen LogP contribution >= 0.6 is 7.82 Å². The molecule has 0 spiro atoms. The Bertz CT molecular complexity index is 1070. The fourth-order valence-corrected chi connectivity index (χ4v) is 4.13. The summed E-state index contributed by atoms with van der Waals surface area (Å²) in [4.78, 5) is 72.8. The van der Waals surface area contributed by atoms with E-state index in [0.29, 0.717) is 6.42 Å². The van der Waals surface area contributed by atoms with Gasteiger partial charge in [0.2, 0.25) is 17.7 Å². The van der Waals surface area contributed by atoms with Gasteiger partial charge in [0.05, 0.1) is 39.5 Å². The van der Waals surface area contributed by atoms with Gasteiger partial charge in [-0.25, -0.2) is 19.0 Å². The monoisotopic (exact) mass is 721 g/mol. The van der Waals surface area contributed by atoms with Gasteiger partial charge in [0.15, 0.2) is 12.4 Å². The molecule has 0 radical (unpaired) electrons. The Balaban J connectivity index is 2.47. The van der Waals surface area contributed by atoms with Gasteiger partial charge in [0.1, 0.15) is 31.0 Å². The van der Waals surface area contributed by atoms with E-state index < -0.39 is 107 Å². The van der Waals surface area contributed by atoms with Crippen LogP contribution in [0.15, 0.2) is 0 Å². The summed E-state index contributed by atoms with van der Waals surface area (Å²) in [6, 6.07) is -1.13. The van der Waals surface area contributed by atoms with E-state index in [9.17, 15) is 48.8 Å². The van der Waals surface area contributed by atoms with Gasteiger partial charge in [-0.2, -0.15) is 0 Å². The van der Waals surface area contributed by atoms with E-state index in [-0.39, 0.29) is 32.7 Å². The second kappa shape index (κ2) is 23.2. The molecule has 1 unspecified atom stereocenters. The number of aliphatic hydroxyl groups excluding tert-OH is 3. The molecule has 0 saturated carbocycles. The van der Waals surface area contributed by atoms with E-state index in [0.717, 1.165) is 7.11 Å². The van der Waals surface area contributed by atoms with Gasteiger partial charge < -0.3 is 65.7 Å². The molecule has 1 aliphatic rings. The molecule has 278 valence electrons. The Morgan fingerprint density at radius 3 is 2.06 bits per heavy atom. The number of nitrogens with one attached hydrogen (secondary N) is 5. The topological polar surface area (TPSA) is 328 Å². The number of hydrogen-bond donors (Lipinski definition) is 10. The highest BCUT2D eigenvalue weighted by Gasteiger charge is 2.45. The first-order valence-electron chi connectivity index (χ1n) is 14.4. The van der Waals surface area contributed by atoms with Crippen LogP contribution in [0.1, 0.15) is 19.8 Å². The number of rotatable bonds is 22. The van der Waals surface area contributed by atoms with Gasteiger partial charge >= 0.3 is 20.0 Å². The quantitative estimate of drug-likeness (QED) is 0.0221. The van der Waals surface area contributed by atoms with Gasteiger partial charge in [0.25, 0.3) is 0 Å². The molecule has 7 atom stereocenters. The molecule has 0 aromatic rings. The largest absolute Gasteiger partial charge is 0.472 e. The van der Waals surface area contributed by atoms with Crippen molar-refractivity contribution in [3.8, 4) is 0 Å². The molecule has 1 saturated heterocycles. The van der Waals surface area contributed by atoms with Crippen LogP contribution in [0, 0.1) is 0 Å². The molecule has 48 heavy (non-hydrogen) atoms. The Kier molecular flexibility index (Phi) is 20.7. The zero-order valence-corrected chi connectivity index (χ0v) is 27.1.